The first-order valence-corrected chi connectivity index (χ1v) is 6.99. The molecule has 3 rings (SSSR count). The topological polar surface area (TPSA) is 76.9 Å². The van der Waals surface area contributed by atoms with E-state index in [-0.39, 0.29) is 24.6 Å². The van der Waals surface area contributed by atoms with E-state index in [1.165, 1.54) is 41.4 Å². The second-order valence-corrected chi connectivity index (χ2v) is 4.88. The summed E-state index contributed by atoms with van der Waals surface area (Å²) in [7, 11) is 0. The number of hydrogen-bond acceptors (Lipinski definition) is 4. The minimum Gasteiger partial charge on any atom is -0.350 e. The van der Waals surface area contributed by atoms with E-state index in [9.17, 15) is 14.0 Å². The largest absolute Gasteiger partial charge is 0.350 e. The highest BCUT2D eigenvalue weighted by molar-refractivity contribution is 5.94. The van der Waals surface area contributed by atoms with E-state index in [1.807, 2.05) is 0 Å². The molecule has 0 fully saturated rings. The molecule has 0 atom stereocenters. The van der Waals surface area contributed by atoms with Crippen molar-refractivity contribution in [1.29, 1.82) is 0 Å². The van der Waals surface area contributed by atoms with E-state index in [0.717, 1.165) is 0 Å². The molecule has 0 bridgehead atoms. The van der Waals surface area contributed by atoms with Crippen LogP contribution < -0.4 is 10.9 Å². The number of pyridine rings is 1. The molecule has 0 aliphatic rings. The Labute approximate surface area is 130 Å². The Balaban J connectivity index is 1.67. The van der Waals surface area contributed by atoms with Gasteiger partial charge in [-0.2, -0.15) is 0 Å². The third-order valence-electron chi connectivity index (χ3n) is 3.33. The lowest BCUT2D eigenvalue weighted by Gasteiger charge is -2.08. The van der Waals surface area contributed by atoms with Crippen LogP contribution in [0.3, 0.4) is 0 Å². The molecule has 0 unspecified atom stereocenters. The van der Waals surface area contributed by atoms with Crippen molar-refractivity contribution in [3.8, 4) is 0 Å². The SMILES string of the molecule is O=C(NCCn1cnc2cccnc2c1=O)c1ccc(F)cc1. The standard InChI is InChI=1S/C16H13FN4O2/c17-12-5-3-11(4-6-12)15(22)19-8-9-21-10-20-13-2-1-7-18-14(13)16(21)23/h1-7,10H,8-9H2,(H,19,22). The Morgan fingerprint density at radius 3 is 2.74 bits per heavy atom. The van der Waals surface area contributed by atoms with Gasteiger partial charge in [0, 0.05) is 24.8 Å². The molecule has 7 heteroatoms. The molecule has 2 aromatic heterocycles. The van der Waals surface area contributed by atoms with Gasteiger partial charge in [-0.05, 0) is 36.4 Å². The van der Waals surface area contributed by atoms with Gasteiger partial charge in [0.05, 0.1) is 11.8 Å². The number of carbonyl (C=O) groups is 1. The van der Waals surface area contributed by atoms with E-state index >= 15 is 0 Å². The molecule has 6 nitrogen and oxygen atoms in total. The number of benzene rings is 1. The smallest absolute Gasteiger partial charge is 0.279 e. The second-order valence-electron chi connectivity index (χ2n) is 4.88. The van der Waals surface area contributed by atoms with Crippen LogP contribution in [-0.2, 0) is 6.54 Å². The number of carbonyl (C=O) groups excluding carboxylic acids is 1. The van der Waals surface area contributed by atoms with Gasteiger partial charge in [0.25, 0.3) is 11.5 Å². The van der Waals surface area contributed by atoms with Crippen molar-refractivity contribution in [3.05, 3.63) is 70.7 Å². The first-order chi connectivity index (χ1) is 11.1. The minimum absolute atomic E-state index is 0.246. The normalized spacial score (nSPS) is 10.7. The Morgan fingerprint density at radius 2 is 1.96 bits per heavy atom. The fraction of sp³-hybridized carbons (Fsp3) is 0.125. The zero-order valence-corrected chi connectivity index (χ0v) is 12.1. The highest BCUT2D eigenvalue weighted by Gasteiger charge is 2.07. The predicted octanol–water partition coefficient (Wildman–Crippen LogP) is 1.36. The molecule has 0 saturated heterocycles. The number of halogens is 1. The third-order valence-corrected chi connectivity index (χ3v) is 3.33. The van der Waals surface area contributed by atoms with E-state index in [4.69, 9.17) is 0 Å². The molecule has 0 aliphatic heterocycles. The maximum atomic E-state index is 12.8. The lowest BCUT2D eigenvalue weighted by molar-refractivity contribution is 0.0952. The van der Waals surface area contributed by atoms with E-state index in [1.54, 1.807) is 12.1 Å². The van der Waals surface area contributed by atoms with E-state index < -0.39 is 5.82 Å². The molecular formula is C16H13FN4O2. The molecule has 1 aromatic carbocycles. The van der Waals surface area contributed by atoms with E-state index in [2.05, 4.69) is 15.3 Å². The van der Waals surface area contributed by atoms with Gasteiger partial charge in [0.2, 0.25) is 0 Å². The average molecular weight is 312 g/mol. The van der Waals surface area contributed by atoms with Gasteiger partial charge in [-0.25, -0.2) is 14.4 Å². The summed E-state index contributed by atoms with van der Waals surface area (Å²) in [6, 6.07) is 8.67. The average Bonchev–Trinajstić information content (AvgIpc) is 2.57. The molecule has 0 saturated carbocycles. The van der Waals surface area contributed by atoms with Crippen molar-refractivity contribution in [1.82, 2.24) is 19.9 Å². The molecule has 23 heavy (non-hydrogen) atoms. The fourth-order valence-electron chi connectivity index (χ4n) is 2.14. The summed E-state index contributed by atoms with van der Waals surface area (Å²) >= 11 is 0. The van der Waals surface area contributed by atoms with Crippen molar-refractivity contribution < 1.29 is 9.18 Å². The maximum Gasteiger partial charge on any atom is 0.279 e. The Morgan fingerprint density at radius 1 is 1.17 bits per heavy atom. The number of hydrogen-bond donors (Lipinski definition) is 1. The van der Waals surface area contributed by atoms with Crippen LogP contribution in [0.2, 0.25) is 0 Å². The molecule has 3 aromatic rings. The van der Waals surface area contributed by atoms with Crippen molar-refractivity contribution in [3.63, 3.8) is 0 Å². The van der Waals surface area contributed by atoms with Crippen LogP contribution in [0.15, 0.2) is 53.7 Å². The summed E-state index contributed by atoms with van der Waals surface area (Å²) in [6.45, 7) is 0.515. The zero-order chi connectivity index (χ0) is 16.2. The van der Waals surface area contributed by atoms with Gasteiger partial charge >= 0.3 is 0 Å². The number of nitrogens with zero attached hydrogens (tertiary/aromatic N) is 3. The monoisotopic (exact) mass is 312 g/mol. The van der Waals surface area contributed by atoms with Crippen LogP contribution in [0.1, 0.15) is 10.4 Å². The van der Waals surface area contributed by atoms with Gasteiger partial charge < -0.3 is 5.32 Å². The molecule has 116 valence electrons. The van der Waals surface area contributed by atoms with Crippen molar-refractivity contribution in [2.24, 2.45) is 0 Å². The highest BCUT2D eigenvalue weighted by Crippen LogP contribution is 2.03. The highest BCUT2D eigenvalue weighted by atomic mass is 19.1. The van der Waals surface area contributed by atoms with Crippen molar-refractivity contribution in [2.45, 2.75) is 6.54 Å². The number of nitrogens with one attached hydrogen (secondary N) is 1. The van der Waals surface area contributed by atoms with Crippen LogP contribution in [-0.4, -0.2) is 27.0 Å². The number of rotatable bonds is 4. The van der Waals surface area contributed by atoms with Crippen LogP contribution in [0, 0.1) is 5.82 Å². The first-order valence-electron chi connectivity index (χ1n) is 6.99. The summed E-state index contributed by atoms with van der Waals surface area (Å²) in [5.74, 6) is -0.729. The van der Waals surface area contributed by atoms with Gasteiger partial charge in [0.1, 0.15) is 5.82 Å². The zero-order valence-electron chi connectivity index (χ0n) is 12.1. The first kappa shape index (κ1) is 14.8. The Hall–Kier alpha value is -3.09. The van der Waals surface area contributed by atoms with Gasteiger partial charge in [-0.3, -0.25) is 14.2 Å². The number of fused-ring (bicyclic) bond motifs is 1. The summed E-state index contributed by atoms with van der Waals surface area (Å²) in [5, 5.41) is 2.67. The number of aromatic nitrogens is 3. The lowest BCUT2D eigenvalue weighted by atomic mass is 10.2. The summed E-state index contributed by atoms with van der Waals surface area (Å²) in [5.41, 5.74) is 0.924. The Bertz CT molecular complexity index is 906. The Kier molecular flexibility index (Phi) is 4.09. The second kappa shape index (κ2) is 6.35. The summed E-state index contributed by atoms with van der Waals surface area (Å²) in [6.07, 6.45) is 2.96. The molecule has 2 heterocycles. The van der Waals surface area contributed by atoms with Gasteiger partial charge in [0.15, 0.2) is 5.52 Å². The summed E-state index contributed by atoms with van der Waals surface area (Å²) < 4.78 is 14.2. The third kappa shape index (κ3) is 3.23. The van der Waals surface area contributed by atoms with Gasteiger partial charge in [-0.1, -0.05) is 0 Å². The lowest BCUT2D eigenvalue weighted by Crippen LogP contribution is -2.31. The molecular weight excluding hydrogens is 299 g/mol. The minimum atomic E-state index is -0.400. The molecule has 1 N–H and O–H groups in total. The van der Waals surface area contributed by atoms with Crippen LogP contribution >= 0.6 is 0 Å². The van der Waals surface area contributed by atoms with Crippen LogP contribution in [0.25, 0.3) is 11.0 Å². The number of amides is 1. The van der Waals surface area contributed by atoms with Crippen molar-refractivity contribution >= 4 is 16.9 Å². The quantitative estimate of drug-likeness (QED) is 0.789. The van der Waals surface area contributed by atoms with Crippen LogP contribution in [0.4, 0.5) is 4.39 Å². The predicted molar refractivity (Wildman–Crippen MR) is 82.5 cm³/mol. The molecule has 0 radical (unpaired) electrons. The van der Waals surface area contributed by atoms with Gasteiger partial charge in [-0.15, -0.1) is 0 Å². The van der Waals surface area contributed by atoms with E-state index in [0.29, 0.717) is 16.6 Å². The molecule has 1 amide bonds. The summed E-state index contributed by atoms with van der Waals surface area (Å²) in [4.78, 5) is 32.3. The van der Waals surface area contributed by atoms with Crippen molar-refractivity contribution in [2.75, 3.05) is 6.54 Å². The molecule has 0 spiro atoms. The molecule has 0 aliphatic carbocycles. The fourth-order valence-corrected chi connectivity index (χ4v) is 2.14. The van der Waals surface area contributed by atoms with Crippen LogP contribution in [0.5, 0.6) is 0 Å². The maximum absolute atomic E-state index is 12.8.